The summed E-state index contributed by atoms with van der Waals surface area (Å²) < 4.78 is 11.0. The van der Waals surface area contributed by atoms with E-state index in [2.05, 4.69) is 36.4 Å². The van der Waals surface area contributed by atoms with E-state index >= 15 is 0 Å². The molecule has 0 aromatic heterocycles. The number of rotatable bonds is 7. The molecule has 0 radical (unpaired) electrons. The summed E-state index contributed by atoms with van der Waals surface area (Å²) in [4.78, 5) is 4.44. The van der Waals surface area contributed by atoms with Gasteiger partial charge in [-0.3, -0.25) is 4.99 Å². The molecule has 2 unspecified atom stereocenters. The zero-order valence-corrected chi connectivity index (χ0v) is 16.5. The zero-order valence-electron chi connectivity index (χ0n) is 16.5. The molecule has 24 heavy (non-hydrogen) atoms. The zero-order chi connectivity index (χ0) is 17.8. The number of hydrogen-bond acceptors (Lipinski definition) is 3. The van der Waals surface area contributed by atoms with Gasteiger partial charge in [0.1, 0.15) is 0 Å². The van der Waals surface area contributed by atoms with Crippen molar-refractivity contribution in [3.8, 4) is 0 Å². The standard InChI is InChI=1S/C19H37N3O2/c1-17(2)15(13-18(17,3)24-6)22-16(20-4)21-14-19(11-12-23-5)9-7-8-10-19/h15H,7-14H2,1-6H3,(H2,20,21,22). The molecule has 2 fully saturated rings. The first kappa shape index (κ1) is 19.5. The summed E-state index contributed by atoms with van der Waals surface area (Å²) in [6.07, 6.45) is 7.38. The quantitative estimate of drug-likeness (QED) is 0.553. The first-order valence-corrected chi connectivity index (χ1v) is 9.34. The molecule has 0 aromatic carbocycles. The highest BCUT2D eigenvalue weighted by Crippen LogP contribution is 2.51. The summed E-state index contributed by atoms with van der Waals surface area (Å²) in [6, 6.07) is 0.382. The fourth-order valence-electron chi connectivity index (χ4n) is 4.31. The van der Waals surface area contributed by atoms with Crippen molar-refractivity contribution in [3.05, 3.63) is 0 Å². The minimum absolute atomic E-state index is 0.0609. The van der Waals surface area contributed by atoms with Gasteiger partial charge in [0.25, 0.3) is 0 Å². The first-order chi connectivity index (χ1) is 11.3. The van der Waals surface area contributed by atoms with Crippen molar-refractivity contribution >= 4 is 5.96 Å². The lowest BCUT2D eigenvalue weighted by Gasteiger charge is -2.59. The lowest BCUT2D eigenvalue weighted by Crippen LogP contribution is -2.69. The van der Waals surface area contributed by atoms with E-state index in [9.17, 15) is 0 Å². The molecule has 2 N–H and O–H groups in total. The number of aliphatic imine (C=N–C) groups is 1. The highest BCUT2D eigenvalue weighted by molar-refractivity contribution is 5.80. The Bertz CT molecular complexity index is 444. The number of ether oxygens (including phenoxy) is 2. The van der Waals surface area contributed by atoms with Crippen molar-refractivity contribution in [2.45, 2.75) is 70.9 Å². The first-order valence-electron chi connectivity index (χ1n) is 9.34. The highest BCUT2D eigenvalue weighted by atomic mass is 16.5. The molecule has 0 bridgehead atoms. The van der Waals surface area contributed by atoms with E-state index in [0.29, 0.717) is 11.5 Å². The molecule has 0 aromatic rings. The summed E-state index contributed by atoms with van der Waals surface area (Å²) >= 11 is 0. The van der Waals surface area contributed by atoms with Crippen LogP contribution in [0.15, 0.2) is 4.99 Å². The van der Waals surface area contributed by atoms with Gasteiger partial charge in [-0.2, -0.15) is 0 Å². The summed E-state index contributed by atoms with van der Waals surface area (Å²) in [6.45, 7) is 8.55. The van der Waals surface area contributed by atoms with E-state index in [-0.39, 0.29) is 11.0 Å². The van der Waals surface area contributed by atoms with Gasteiger partial charge in [-0.15, -0.1) is 0 Å². The Balaban J connectivity index is 1.89. The van der Waals surface area contributed by atoms with Gasteiger partial charge in [-0.05, 0) is 38.0 Å². The second-order valence-corrected chi connectivity index (χ2v) is 8.43. The van der Waals surface area contributed by atoms with Gasteiger partial charge in [0.15, 0.2) is 5.96 Å². The molecule has 2 saturated carbocycles. The highest BCUT2D eigenvalue weighted by Gasteiger charge is 2.58. The third-order valence-electron chi connectivity index (χ3n) is 6.94. The van der Waals surface area contributed by atoms with Crippen LogP contribution in [0.4, 0.5) is 0 Å². The molecule has 2 rings (SSSR count). The maximum absolute atomic E-state index is 5.72. The lowest BCUT2D eigenvalue weighted by molar-refractivity contribution is -0.176. The number of nitrogens with zero attached hydrogens (tertiary/aromatic N) is 1. The summed E-state index contributed by atoms with van der Waals surface area (Å²) in [5.74, 6) is 0.912. The van der Waals surface area contributed by atoms with E-state index in [4.69, 9.17) is 9.47 Å². The average Bonchev–Trinajstić information content (AvgIpc) is 3.04. The van der Waals surface area contributed by atoms with Gasteiger partial charge in [-0.1, -0.05) is 26.7 Å². The van der Waals surface area contributed by atoms with Crippen LogP contribution in [0, 0.1) is 10.8 Å². The van der Waals surface area contributed by atoms with Crippen LogP contribution in [0.25, 0.3) is 0 Å². The molecular formula is C19H37N3O2. The Morgan fingerprint density at radius 1 is 1.17 bits per heavy atom. The van der Waals surface area contributed by atoms with Crippen molar-refractivity contribution in [2.75, 3.05) is 34.4 Å². The van der Waals surface area contributed by atoms with Crippen LogP contribution in [0.1, 0.15) is 59.3 Å². The summed E-state index contributed by atoms with van der Waals surface area (Å²) in [5, 5.41) is 7.19. The Morgan fingerprint density at radius 2 is 1.83 bits per heavy atom. The number of guanidine groups is 1. The van der Waals surface area contributed by atoms with Gasteiger partial charge < -0.3 is 20.1 Å². The predicted octanol–water partition coefficient (Wildman–Crippen LogP) is 2.95. The third-order valence-corrected chi connectivity index (χ3v) is 6.94. The minimum Gasteiger partial charge on any atom is -0.385 e. The molecule has 2 aliphatic rings. The molecular weight excluding hydrogens is 302 g/mol. The smallest absolute Gasteiger partial charge is 0.191 e. The van der Waals surface area contributed by atoms with E-state index in [1.165, 1.54) is 25.7 Å². The van der Waals surface area contributed by atoms with Crippen molar-refractivity contribution in [1.82, 2.24) is 10.6 Å². The predicted molar refractivity (Wildman–Crippen MR) is 99.5 cm³/mol. The van der Waals surface area contributed by atoms with Crippen molar-refractivity contribution < 1.29 is 9.47 Å². The topological polar surface area (TPSA) is 54.9 Å². The Kier molecular flexibility index (Phi) is 6.19. The van der Waals surface area contributed by atoms with E-state index < -0.39 is 0 Å². The second kappa shape index (κ2) is 7.61. The molecule has 5 nitrogen and oxygen atoms in total. The molecule has 0 heterocycles. The normalized spacial score (nSPS) is 31.6. The minimum atomic E-state index is -0.0609. The van der Waals surface area contributed by atoms with Gasteiger partial charge >= 0.3 is 0 Å². The molecule has 5 heteroatoms. The molecule has 0 saturated heterocycles. The number of nitrogens with one attached hydrogen (secondary N) is 2. The van der Waals surface area contributed by atoms with E-state index in [0.717, 1.165) is 32.0 Å². The summed E-state index contributed by atoms with van der Waals surface area (Å²) in [5.41, 5.74) is 0.388. The fourth-order valence-corrected chi connectivity index (χ4v) is 4.31. The van der Waals surface area contributed by atoms with Crippen molar-refractivity contribution in [1.29, 1.82) is 0 Å². The molecule has 0 spiro atoms. The molecule has 2 atom stereocenters. The van der Waals surface area contributed by atoms with Crippen LogP contribution in [-0.4, -0.2) is 52.0 Å². The van der Waals surface area contributed by atoms with Crippen LogP contribution < -0.4 is 10.6 Å². The monoisotopic (exact) mass is 339 g/mol. The Labute approximate surface area is 148 Å². The van der Waals surface area contributed by atoms with Crippen molar-refractivity contribution in [2.24, 2.45) is 15.8 Å². The van der Waals surface area contributed by atoms with E-state index in [1.54, 1.807) is 7.11 Å². The Hall–Kier alpha value is -0.810. The third kappa shape index (κ3) is 3.72. The maximum Gasteiger partial charge on any atom is 0.191 e. The SMILES string of the molecule is CN=C(NCC1(CCOC)CCCC1)NC1CC(C)(OC)C1(C)C. The van der Waals surface area contributed by atoms with Crippen LogP contribution in [-0.2, 0) is 9.47 Å². The number of methoxy groups -OCH3 is 2. The van der Waals surface area contributed by atoms with Crippen LogP contribution in [0.5, 0.6) is 0 Å². The van der Waals surface area contributed by atoms with E-state index in [1.807, 2.05) is 14.2 Å². The second-order valence-electron chi connectivity index (χ2n) is 8.43. The summed E-state index contributed by atoms with van der Waals surface area (Å²) in [7, 11) is 5.46. The Morgan fingerprint density at radius 3 is 2.33 bits per heavy atom. The maximum atomic E-state index is 5.72. The van der Waals surface area contributed by atoms with Gasteiger partial charge in [0.05, 0.1) is 5.60 Å². The van der Waals surface area contributed by atoms with Crippen LogP contribution in [0.2, 0.25) is 0 Å². The van der Waals surface area contributed by atoms with Crippen LogP contribution in [0.3, 0.4) is 0 Å². The van der Waals surface area contributed by atoms with Crippen molar-refractivity contribution in [3.63, 3.8) is 0 Å². The van der Waals surface area contributed by atoms with Gasteiger partial charge in [0, 0.05) is 45.9 Å². The molecule has 0 aliphatic heterocycles. The van der Waals surface area contributed by atoms with Gasteiger partial charge in [-0.25, -0.2) is 0 Å². The molecule has 140 valence electrons. The fraction of sp³-hybridized carbons (Fsp3) is 0.947. The largest absolute Gasteiger partial charge is 0.385 e. The molecule has 0 amide bonds. The molecule has 2 aliphatic carbocycles. The van der Waals surface area contributed by atoms with Crippen LogP contribution >= 0.6 is 0 Å². The average molecular weight is 340 g/mol. The van der Waals surface area contributed by atoms with Gasteiger partial charge in [0.2, 0.25) is 0 Å². The number of hydrogen-bond donors (Lipinski definition) is 2. The lowest BCUT2D eigenvalue weighted by atomic mass is 9.56.